The number of aliphatic hydroxyl groups is 1. The molecule has 1 saturated carbocycles. The highest BCUT2D eigenvalue weighted by molar-refractivity contribution is 5.77. The number of hydrogen-bond acceptors (Lipinski definition) is 3. The average Bonchev–Trinajstić information content (AvgIpc) is 2.40. The van der Waals surface area contributed by atoms with Crippen LogP contribution in [0, 0.1) is 0 Å². The van der Waals surface area contributed by atoms with Crippen molar-refractivity contribution in [3.63, 3.8) is 0 Å². The Morgan fingerprint density at radius 2 is 2.00 bits per heavy atom. The van der Waals surface area contributed by atoms with E-state index in [1.807, 2.05) is 0 Å². The maximum absolute atomic E-state index is 12.9. The van der Waals surface area contributed by atoms with Gasteiger partial charge in [-0.05, 0) is 24.1 Å². The fraction of sp³-hybridized carbons (Fsp3) is 0.562. The third-order valence-corrected chi connectivity index (χ3v) is 3.90. The predicted octanol–water partition coefficient (Wildman–Crippen LogP) is 3.70. The van der Waals surface area contributed by atoms with Gasteiger partial charge in [0.05, 0.1) is 18.1 Å². The Balaban J connectivity index is 2.00. The number of hydrogen-bond donors (Lipinski definition) is 2. The van der Waals surface area contributed by atoms with Crippen molar-refractivity contribution in [2.24, 2.45) is 0 Å². The molecule has 2 rings (SSSR count). The zero-order chi connectivity index (χ0) is 18.9. The van der Waals surface area contributed by atoms with Crippen molar-refractivity contribution < 1.29 is 36.6 Å². The van der Waals surface area contributed by atoms with Gasteiger partial charge in [0.25, 0.3) is 5.92 Å². The van der Waals surface area contributed by atoms with Gasteiger partial charge in [-0.25, -0.2) is 8.78 Å². The molecule has 0 aliphatic heterocycles. The van der Waals surface area contributed by atoms with Gasteiger partial charge in [0.15, 0.2) is 0 Å². The van der Waals surface area contributed by atoms with E-state index in [4.69, 9.17) is 0 Å². The minimum Gasteiger partial charge on any atom is -0.406 e. The van der Waals surface area contributed by atoms with E-state index in [0.29, 0.717) is 12.0 Å². The molecule has 1 fully saturated rings. The summed E-state index contributed by atoms with van der Waals surface area (Å²) in [6.07, 6.45) is -6.52. The minimum atomic E-state index is -4.83. The number of nitrogens with one attached hydrogen (secondary N) is 1. The van der Waals surface area contributed by atoms with Crippen LogP contribution in [0.2, 0.25) is 0 Å². The quantitative estimate of drug-likeness (QED) is 0.754. The summed E-state index contributed by atoms with van der Waals surface area (Å²) in [6.45, 7) is 1.70. The van der Waals surface area contributed by atoms with Crippen LogP contribution in [0.25, 0.3) is 0 Å². The summed E-state index contributed by atoms with van der Waals surface area (Å²) in [4.78, 5) is 12.0. The lowest BCUT2D eigenvalue weighted by Crippen LogP contribution is -2.54. The molecular formula is C16H18F5NO3. The average molecular weight is 367 g/mol. The first-order valence-corrected chi connectivity index (χ1v) is 7.67. The van der Waals surface area contributed by atoms with Crippen LogP contribution in [0.4, 0.5) is 22.0 Å². The van der Waals surface area contributed by atoms with Crippen LogP contribution in [0.5, 0.6) is 5.75 Å². The van der Waals surface area contributed by atoms with E-state index < -0.39 is 54.8 Å². The van der Waals surface area contributed by atoms with E-state index in [9.17, 15) is 31.9 Å². The van der Waals surface area contributed by atoms with E-state index in [1.54, 1.807) is 6.92 Å². The number of benzene rings is 1. The highest BCUT2D eigenvalue weighted by Crippen LogP contribution is 2.47. The zero-order valence-corrected chi connectivity index (χ0v) is 13.4. The molecule has 2 N–H and O–H groups in total. The Labute approximate surface area is 141 Å². The van der Waals surface area contributed by atoms with Gasteiger partial charge >= 0.3 is 6.36 Å². The van der Waals surface area contributed by atoms with Crippen LogP contribution >= 0.6 is 0 Å². The molecular weight excluding hydrogens is 349 g/mol. The third kappa shape index (κ3) is 5.55. The second kappa shape index (κ2) is 6.78. The lowest BCUT2D eigenvalue weighted by molar-refractivity contribution is -0.274. The first-order valence-electron chi connectivity index (χ1n) is 7.67. The summed E-state index contributed by atoms with van der Waals surface area (Å²) >= 11 is 0. The van der Waals surface area contributed by atoms with Gasteiger partial charge in [-0.2, -0.15) is 0 Å². The van der Waals surface area contributed by atoms with Crippen molar-refractivity contribution in [3.05, 3.63) is 29.8 Å². The number of alkyl halides is 5. The molecule has 25 heavy (non-hydrogen) atoms. The molecule has 0 spiro atoms. The normalized spacial score (nSPS) is 19.6. The van der Waals surface area contributed by atoms with Crippen molar-refractivity contribution >= 4 is 5.91 Å². The standard InChI is InChI=1S/C16H18F5NO3/c1-2-12(10-4-3-5-11(6-10)25-16(19,20)21)22-13(23)7-14(24)8-15(17,18)9-14/h3-6,12,24H,2,7-9H2,1H3,(H,22,23). The van der Waals surface area contributed by atoms with E-state index in [-0.39, 0.29) is 0 Å². The monoisotopic (exact) mass is 367 g/mol. The van der Waals surface area contributed by atoms with Crippen molar-refractivity contribution in [2.45, 2.75) is 56.5 Å². The number of amides is 1. The number of halogens is 5. The fourth-order valence-corrected chi connectivity index (χ4v) is 2.93. The Kier molecular flexibility index (Phi) is 5.27. The molecule has 1 unspecified atom stereocenters. The smallest absolute Gasteiger partial charge is 0.406 e. The largest absolute Gasteiger partial charge is 0.573 e. The molecule has 1 aromatic carbocycles. The highest BCUT2D eigenvalue weighted by atomic mass is 19.4. The molecule has 140 valence electrons. The van der Waals surface area contributed by atoms with Crippen molar-refractivity contribution in [1.29, 1.82) is 0 Å². The SMILES string of the molecule is CCC(NC(=O)CC1(O)CC(F)(F)C1)c1cccc(OC(F)(F)F)c1. The Hall–Kier alpha value is -1.90. The summed E-state index contributed by atoms with van der Waals surface area (Å²) in [7, 11) is 0. The number of ether oxygens (including phenoxy) is 1. The maximum Gasteiger partial charge on any atom is 0.573 e. The molecule has 0 bridgehead atoms. The number of carbonyl (C=O) groups is 1. The summed E-state index contributed by atoms with van der Waals surface area (Å²) < 4.78 is 66.4. The molecule has 1 atom stereocenters. The minimum absolute atomic E-state index is 0.357. The molecule has 1 aliphatic rings. The molecule has 1 amide bonds. The third-order valence-electron chi connectivity index (χ3n) is 3.90. The topological polar surface area (TPSA) is 58.6 Å². The number of carbonyl (C=O) groups excluding carboxylic acids is 1. The van der Waals surface area contributed by atoms with E-state index in [0.717, 1.165) is 12.1 Å². The molecule has 0 radical (unpaired) electrons. The molecule has 0 heterocycles. The van der Waals surface area contributed by atoms with Crippen molar-refractivity contribution in [3.8, 4) is 5.75 Å². The first-order chi connectivity index (χ1) is 11.4. The van der Waals surface area contributed by atoms with E-state index in [2.05, 4.69) is 10.1 Å². The van der Waals surface area contributed by atoms with Gasteiger partial charge in [-0.1, -0.05) is 19.1 Å². The summed E-state index contributed by atoms with van der Waals surface area (Å²) in [5.74, 6) is -4.04. The lowest BCUT2D eigenvalue weighted by atomic mass is 9.74. The second-order valence-electron chi connectivity index (χ2n) is 6.26. The van der Waals surface area contributed by atoms with E-state index in [1.165, 1.54) is 12.1 Å². The van der Waals surface area contributed by atoms with Crippen LogP contribution in [0.15, 0.2) is 24.3 Å². The van der Waals surface area contributed by atoms with Crippen LogP contribution < -0.4 is 10.1 Å². The Morgan fingerprint density at radius 1 is 1.36 bits per heavy atom. The van der Waals surface area contributed by atoms with Gasteiger partial charge < -0.3 is 15.2 Å². The molecule has 1 aromatic rings. The molecule has 4 nitrogen and oxygen atoms in total. The summed E-state index contributed by atoms with van der Waals surface area (Å²) in [5.41, 5.74) is -1.36. The molecule has 1 aliphatic carbocycles. The molecule has 0 aromatic heterocycles. The van der Waals surface area contributed by atoms with Crippen molar-refractivity contribution in [2.75, 3.05) is 0 Å². The van der Waals surface area contributed by atoms with Crippen LogP contribution in [0.3, 0.4) is 0 Å². The van der Waals surface area contributed by atoms with Crippen LogP contribution in [-0.4, -0.2) is 28.9 Å². The van der Waals surface area contributed by atoms with Gasteiger partial charge in [-0.15, -0.1) is 13.2 Å². The van der Waals surface area contributed by atoms with Gasteiger partial charge in [0, 0.05) is 12.8 Å². The number of rotatable bonds is 6. The van der Waals surface area contributed by atoms with Crippen LogP contribution in [-0.2, 0) is 4.79 Å². The fourth-order valence-electron chi connectivity index (χ4n) is 2.93. The summed E-state index contributed by atoms with van der Waals surface area (Å²) in [5, 5.41) is 12.4. The summed E-state index contributed by atoms with van der Waals surface area (Å²) in [6, 6.07) is 4.52. The van der Waals surface area contributed by atoms with Gasteiger partial charge in [0.1, 0.15) is 5.75 Å². The van der Waals surface area contributed by atoms with Gasteiger partial charge in [0.2, 0.25) is 5.91 Å². The Bertz CT molecular complexity index is 624. The van der Waals surface area contributed by atoms with Crippen molar-refractivity contribution in [1.82, 2.24) is 5.32 Å². The molecule has 0 saturated heterocycles. The Morgan fingerprint density at radius 3 is 2.52 bits per heavy atom. The molecule has 9 heteroatoms. The predicted molar refractivity (Wildman–Crippen MR) is 78.0 cm³/mol. The second-order valence-corrected chi connectivity index (χ2v) is 6.26. The van der Waals surface area contributed by atoms with Gasteiger partial charge in [-0.3, -0.25) is 4.79 Å². The lowest BCUT2D eigenvalue weighted by Gasteiger charge is -2.42. The van der Waals surface area contributed by atoms with E-state index >= 15 is 0 Å². The maximum atomic E-state index is 12.9. The van der Waals surface area contributed by atoms with Crippen LogP contribution in [0.1, 0.15) is 44.2 Å². The zero-order valence-electron chi connectivity index (χ0n) is 13.4. The first kappa shape index (κ1) is 19.4. The highest BCUT2D eigenvalue weighted by Gasteiger charge is 2.56.